The Labute approximate surface area is 133 Å². The highest BCUT2D eigenvalue weighted by Gasteiger charge is 2.08. The quantitative estimate of drug-likeness (QED) is 0.566. The Hall–Kier alpha value is -1.08. The van der Waals surface area contributed by atoms with Crippen LogP contribution < -0.4 is 5.32 Å². The Balaban J connectivity index is 2.13. The van der Waals surface area contributed by atoms with E-state index in [1.54, 1.807) is 12.1 Å². The molecule has 0 aromatic heterocycles. The third-order valence-electron chi connectivity index (χ3n) is 2.57. The minimum absolute atomic E-state index is 0.114. The molecule has 2 aromatic carbocycles. The molecule has 0 spiro atoms. The predicted octanol–water partition coefficient (Wildman–Crippen LogP) is 4.14. The van der Waals surface area contributed by atoms with Crippen molar-refractivity contribution in [3.63, 3.8) is 0 Å². The number of aromatic hydroxyl groups is 1. The van der Waals surface area contributed by atoms with Gasteiger partial charge in [0.1, 0.15) is 5.75 Å². The molecule has 2 N–H and O–H groups in total. The Morgan fingerprint density at radius 3 is 2.47 bits per heavy atom. The first-order valence-corrected chi connectivity index (χ1v) is 7.75. The van der Waals surface area contributed by atoms with Gasteiger partial charge in [0.2, 0.25) is 0 Å². The summed E-state index contributed by atoms with van der Waals surface area (Å²) >= 11 is 5.38. The van der Waals surface area contributed by atoms with Crippen molar-refractivity contribution in [2.45, 2.75) is 5.33 Å². The summed E-state index contributed by atoms with van der Waals surface area (Å²) in [5.41, 5.74) is 2.31. The maximum atomic E-state index is 12.0. The zero-order chi connectivity index (χ0) is 13.8. The zero-order valence-electron chi connectivity index (χ0n) is 9.86. The first-order chi connectivity index (χ1) is 9.10. The van der Waals surface area contributed by atoms with Gasteiger partial charge in [-0.25, -0.2) is 0 Å². The van der Waals surface area contributed by atoms with Gasteiger partial charge in [-0.3, -0.25) is 4.79 Å². The third-order valence-corrected chi connectivity index (χ3v) is 4.13. The molecule has 98 valence electrons. The molecule has 0 saturated heterocycles. The van der Waals surface area contributed by atoms with Crippen LogP contribution in [0.1, 0.15) is 15.9 Å². The number of anilines is 1. The van der Waals surface area contributed by atoms with Gasteiger partial charge in [0, 0.05) is 16.6 Å². The number of hydrogen-bond acceptors (Lipinski definition) is 2. The molecule has 0 heterocycles. The highest BCUT2D eigenvalue weighted by Crippen LogP contribution is 2.21. The second kappa shape index (κ2) is 6.38. The number of carbonyl (C=O) groups is 1. The lowest BCUT2D eigenvalue weighted by Gasteiger charge is -2.07. The minimum Gasteiger partial charge on any atom is -0.507 e. The van der Waals surface area contributed by atoms with Crippen LogP contribution in [0.4, 0.5) is 5.69 Å². The summed E-state index contributed by atoms with van der Waals surface area (Å²) in [4.78, 5) is 12.0. The molecule has 5 heteroatoms. The van der Waals surface area contributed by atoms with Crippen LogP contribution in [0.25, 0.3) is 0 Å². The van der Waals surface area contributed by atoms with E-state index < -0.39 is 0 Å². The number of phenolic OH excluding ortho intramolecular Hbond substituents is 1. The Bertz CT molecular complexity index is 599. The van der Waals surface area contributed by atoms with Crippen molar-refractivity contribution in [1.29, 1.82) is 0 Å². The molecule has 0 unspecified atom stereocenters. The lowest BCUT2D eigenvalue weighted by Crippen LogP contribution is -2.11. The monoisotopic (exact) mass is 431 g/mol. The van der Waals surface area contributed by atoms with Crippen molar-refractivity contribution in [2.75, 3.05) is 5.32 Å². The number of alkyl halides is 1. The van der Waals surface area contributed by atoms with Crippen molar-refractivity contribution in [2.24, 2.45) is 0 Å². The molecule has 0 aliphatic rings. The summed E-state index contributed by atoms with van der Waals surface area (Å²) in [6.07, 6.45) is 0. The van der Waals surface area contributed by atoms with E-state index >= 15 is 0 Å². The van der Waals surface area contributed by atoms with Crippen molar-refractivity contribution < 1.29 is 9.90 Å². The van der Waals surface area contributed by atoms with E-state index in [1.165, 1.54) is 6.07 Å². The van der Waals surface area contributed by atoms with Crippen LogP contribution in [-0.2, 0) is 5.33 Å². The predicted molar refractivity (Wildman–Crippen MR) is 87.9 cm³/mol. The summed E-state index contributed by atoms with van der Waals surface area (Å²) < 4.78 is 0.718. The molecular formula is C14H11BrINO2. The van der Waals surface area contributed by atoms with E-state index in [2.05, 4.69) is 21.2 Å². The van der Waals surface area contributed by atoms with Crippen molar-refractivity contribution in [3.8, 4) is 5.75 Å². The molecule has 0 radical (unpaired) electrons. The Morgan fingerprint density at radius 2 is 1.89 bits per heavy atom. The van der Waals surface area contributed by atoms with Gasteiger partial charge in [0.15, 0.2) is 0 Å². The normalized spacial score (nSPS) is 10.2. The maximum Gasteiger partial charge on any atom is 0.255 e. The number of hydrogen-bond donors (Lipinski definition) is 2. The molecule has 2 rings (SSSR count). The highest BCUT2D eigenvalue weighted by molar-refractivity contribution is 14.1. The van der Waals surface area contributed by atoms with E-state index in [1.807, 2.05) is 46.9 Å². The molecular weight excluding hydrogens is 421 g/mol. The molecule has 0 fully saturated rings. The lowest BCUT2D eigenvalue weighted by molar-refractivity contribution is 0.102. The van der Waals surface area contributed by atoms with E-state index in [9.17, 15) is 9.90 Å². The van der Waals surface area contributed by atoms with Crippen molar-refractivity contribution >= 4 is 50.1 Å². The van der Waals surface area contributed by atoms with E-state index in [0.717, 1.165) is 20.2 Å². The lowest BCUT2D eigenvalue weighted by atomic mass is 10.2. The van der Waals surface area contributed by atoms with Gasteiger partial charge < -0.3 is 10.4 Å². The van der Waals surface area contributed by atoms with Crippen LogP contribution in [0.3, 0.4) is 0 Å². The van der Waals surface area contributed by atoms with Crippen LogP contribution in [-0.4, -0.2) is 11.0 Å². The smallest absolute Gasteiger partial charge is 0.255 e. The average molecular weight is 432 g/mol. The molecule has 3 nitrogen and oxygen atoms in total. The highest BCUT2D eigenvalue weighted by atomic mass is 127. The first-order valence-electron chi connectivity index (χ1n) is 5.55. The number of benzene rings is 2. The molecule has 0 bridgehead atoms. The van der Waals surface area contributed by atoms with Gasteiger partial charge in [-0.1, -0.05) is 28.1 Å². The molecule has 0 saturated carbocycles. The van der Waals surface area contributed by atoms with Crippen LogP contribution in [0.2, 0.25) is 0 Å². The van der Waals surface area contributed by atoms with E-state index in [0.29, 0.717) is 5.56 Å². The van der Waals surface area contributed by atoms with Crippen molar-refractivity contribution in [3.05, 3.63) is 57.2 Å². The summed E-state index contributed by atoms with van der Waals surface area (Å²) in [5, 5.41) is 13.2. The maximum absolute atomic E-state index is 12.0. The van der Waals surface area contributed by atoms with Gasteiger partial charge >= 0.3 is 0 Å². The number of halogens is 2. The van der Waals surface area contributed by atoms with E-state index in [4.69, 9.17) is 0 Å². The van der Waals surface area contributed by atoms with Crippen LogP contribution in [0, 0.1) is 3.57 Å². The molecule has 1 amide bonds. The topological polar surface area (TPSA) is 49.3 Å². The molecule has 2 aromatic rings. The summed E-state index contributed by atoms with van der Waals surface area (Å²) in [6, 6.07) is 12.4. The van der Waals surface area contributed by atoms with Gasteiger partial charge in [-0.2, -0.15) is 0 Å². The van der Waals surface area contributed by atoms with E-state index in [-0.39, 0.29) is 11.7 Å². The fraction of sp³-hybridized carbons (Fsp3) is 0.0714. The standard InChI is InChI=1S/C14H11BrINO2/c15-8-9-1-4-11(5-2-9)17-14(19)10-3-6-12(16)13(18)7-10/h1-7,18H,8H2,(H,17,19). The second-order valence-corrected chi connectivity index (χ2v) is 5.67. The SMILES string of the molecule is O=C(Nc1ccc(CBr)cc1)c1ccc(I)c(O)c1. The van der Waals surface area contributed by atoms with Gasteiger partial charge in [-0.15, -0.1) is 0 Å². The average Bonchev–Trinajstić information content (AvgIpc) is 2.42. The largest absolute Gasteiger partial charge is 0.507 e. The Kier molecular flexibility index (Phi) is 4.81. The number of amides is 1. The Morgan fingerprint density at radius 1 is 1.21 bits per heavy atom. The van der Waals surface area contributed by atoms with Gasteiger partial charge in [0.05, 0.1) is 3.57 Å². The zero-order valence-corrected chi connectivity index (χ0v) is 13.6. The van der Waals surface area contributed by atoms with Gasteiger partial charge in [-0.05, 0) is 58.5 Å². The fourth-order valence-corrected chi connectivity index (χ4v) is 2.24. The summed E-state index contributed by atoms with van der Waals surface area (Å²) in [6.45, 7) is 0. The molecule has 0 aliphatic heterocycles. The fourth-order valence-electron chi connectivity index (χ4n) is 1.53. The molecule has 19 heavy (non-hydrogen) atoms. The summed E-state index contributed by atoms with van der Waals surface area (Å²) in [7, 11) is 0. The van der Waals surface area contributed by atoms with Crippen LogP contribution in [0.5, 0.6) is 5.75 Å². The number of nitrogens with one attached hydrogen (secondary N) is 1. The third kappa shape index (κ3) is 3.70. The van der Waals surface area contributed by atoms with Crippen molar-refractivity contribution in [1.82, 2.24) is 0 Å². The first kappa shape index (κ1) is 14.3. The minimum atomic E-state index is -0.238. The number of phenols is 1. The number of carbonyl (C=O) groups excluding carboxylic acids is 1. The van der Waals surface area contributed by atoms with Gasteiger partial charge in [0.25, 0.3) is 5.91 Å². The number of rotatable bonds is 3. The molecule has 0 atom stereocenters. The molecule has 0 aliphatic carbocycles. The summed E-state index contributed by atoms with van der Waals surface area (Å²) in [5.74, 6) is -0.124. The second-order valence-electron chi connectivity index (χ2n) is 3.95. The van der Waals surface area contributed by atoms with Crippen LogP contribution in [0.15, 0.2) is 42.5 Å². The van der Waals surface area contributed by atoms with Crippen LogP contribution >= 0.6 is 38.5 Å².